The summed E-state index contributed by atoms with van der Waals surface area (Å²) >= 11 is 0. The van der Waals surface area contributed by atoms with Crippen LogP contribution in [0.4, 0.5) is 5.69 Å². The summed E-state index contributed by atoms with van der Waals surface area (Å²) < 4.78 is 16.2. The maximum Gasteiger partial charge on any atom is 0.338 e. The fraction of sp³-hybridized carbons (Fsp3) is 0.160. The maximum atomic E-state index is 12.6. The van der Waals surface area contributed by atoms with Crippen LogP contribution in [0, 0.1) is 11.3 Å². The third-order valence-corrected chi connectivity index (χ3v) is 4.39. The number of nitriles is 1. The molecule has 7 heteroatoms. The predicted octanol–water partition coefficient (Wildman–Crippen LogP) is 5.07. The van der Waals surface area contributed by atoms with Crippen LogP contribution in [0.3, 0.4) is 0 Å². The Morgan fingerprint density at radius 2 is 1.78 bits per heavy atom. The van der Waals surface area contributed by atoms with Crippen molar-refractivity contribution in [3.63, 3.8) is 0 Å². The number of carbonyl (C=O) groups is 2. The number of amides is 1. The average molecular weight is 430 g/mol. The van der Waals surface area contributed by atoms with Crippen LogP contribution in [0.5, 0.6) is 5.75 Å². The van der Waals surface area contributed by atoms with Crippen molar-refractivity contribution in [1.29, 1.82) is 5.26 Å². The SMILES string of the molecule is CCOC(=O)c1ccc(-c2ccc(/C=C(\C#N)C(=O)Nc3ccccc3OCC)o2)cc1. The molecule has 0 unspecified atom stereocenters. The summed E-state index contributed by atoms with van der Waals surface area (Å²) in [6, 6.07) is 19.1. The molecule has 1 amide bonds. The lowest BCUT2D eigenvalue weighted by molar-refractivity contribution is -0.112. The number of rotatable bonds is 8. The molecule has 1 aromatic heterocycles. The van der Waals surface area contributed by atoms with Crippen molar-refractivity contribution in [2.45, 2.75) is 13.8 Å². The van der Waals surface area contributed by atoms with Crippen molar-refractivity contribution in [2.24, 2.45) is 0 Å². The maximum absolute atomic E-state index is 12.6. The predicted molar refractivity (Wildman–Crippen MR) is 120 cm³/mol. The van der Waals surface area contributed by atoms with Gasteiger partial charge in [0.2, 0.25) is 0 Å². The van der Waals surface area contributed by atoms with Crippen LogP contribution in [0.15, 0.2) is 70.7 Å². The van der Waals surface area contributed by atoms with E-state index in [1.165, 1.54) is 6.08 Å². The lowest BCUT2D eigenvalue weighted by Gasteiger charge is -2.10. The quantitative estimate of drug-likeness (QED) is 0.304. The van der Waals surface area contributed by atoms with E-state index in [1.54, 1.807) is 67.6 Å². The molecule has 0 aliphatic heterocycles. The van der Waals surface area contributed by atoms with Gasteiger partial charge in [0.05, 0.1) is 24.5 Å². The van der Waals surface area contributed by atoms with E-state index in [9.17, 15) is 14.9 Å². The number of benzene rings is 2. The Balaban J connectivity index is 1.76. The van der Waals surface area contributed by atoms with Gasteiger partial charge in [0, 0.05) is 11.6 Å². The van der Waals surface area contributed by atoms with Gasteiger partial charge < -0.3 is 19.2 Å². The van der Waals surface area contributed by atoms with Gasteiger partial charge in [-0.1, -0.05) is 24.3 Å². The van der Waals surface area contributed by atoms with Gasteiger partial charge in [0.1, 0.15) is 28.9 Å². The number of furan rings is 1. The summed E-state index contributed by atoms with van der Waals surface area (Å²) in [5.74, 6) is 0.437. The Hall–Kier alpha value is -4.31. The molecule has 3 rings (SSSR count). The van der Waals surface area contributed by atoms with Crippen molar-refractivity contribution in [2.75, 3.05) is 18.5 Å². The highest BCUT2D eigenvalue weighted by Crippen LogP contribution is 2.26. The minimum Gasteiger partial charge on any atom is -0.492 e. The van der Waals surface area contributed by atoms with Crippen molar-refractivity contribution in [1.82, 2.24) is 0 Å². The molecule has 0 bridgehead atoms. The Kier molecular flexibility index (Phi) is 7.44. The second-order valence-corrected chi connectivity index (χ2v) is 6.55. The minimum atomic E-state index is -0.573. The van der Waals surface area contributed by atoms with E-state index in [0.717, 1.165) is 5.56 Å². The lowest BCUT2D eigenvalue weighted by Crippen LogP contribution is -2.14. The largest absolute Gasteiger partial charge is 0.492 e. The number of para-hydroxylation sites is 2. The average Bonchev–Trinajstić information content (AvgIpc) is 3.28. The molecule has 1 N–H and O–H groups in total. The van der Waals surface area contributed by atoms with E-state index in [1.807, 2.05) is 13.0 Å². The summed E-state index contributed by atoms with van der Waals surface area (Å²) in [5, 5.41) is 12.2. The van der Waals surface area contributed by atoms with Gasteiger partial charge in [-0.25, -0.2) is 4.79 Å². The zero-order valence-corrected chi connectivity index (χ0v) is 17.8. The normalized spacial score (nSPS) is 10.8. The Labute approximate surface area is 185 Å². The molecule has 0 radical (unpaired) electrons. The summed E-state index contributed by atoms with van der Waals surface area (Å²) in [6.45, 7) is 4.35. The lowest BCUT2D eigenvalue weighted by atomic mass is 10.1. The van der Waals surface area contributed by atoms with Crippen molar-refractivity contribution in [3.05, 3.63) is 77.6 Å². The van der Waals surface area contributed by atoms with Crippen LogP contribution in [0.25, 0.3) is 17.4 Å². The molecule has 0 aliphatic carbocycles. The zero-order chi connectivity index (χ0) is 22.9. The first-order valence-electron chi connectivity index (χ1n) is 10.1. The van der Waals surface area contributed by atoms with Gasteiger partial charge in [-0.3, -0.25) is 4.79 Å². The number of hydrogen-bond donors (Lipinski definition) is 1. The van der Waals surface area contributed by atoms with E-state index >= 15 is 0 Å². The highest BCUT2D eigenvalue weighted by Gasteiger charge is 2.14. The summed E-state index contributed by atoms with van der Waals surface area (Å²) in [7, 11) is 0. The highest BCUT2D eigenvalue weighted by atomic mass is 16.5. The molecule has 3 aromatic rings. The van der Waals surface area contributed by atoms with Gasteiger partial charge >= 0.3 is 5.97 Å². The fourth-order valence-corrected chi connectivity index (χ4v) is 2.90. The first-order chi connectivity index (χ1) is 15.5. The topological polar surface area (TPSA) is 102 Å². The van der Waals surface area contributed by atoms with Crippen LogP contribution in [-0.4, -0.2) is 25.1 Å². The summed E-state index contributed by atoms with van der Waals surface area (Å²) in [6.07, 6.45) is 1.37. The number of esters is 1. The number of hydrogen-bond acceptors (Lipinski definition) is 6. The number of ether oxygens (including phenoxy) is 2. The second-order valence-electron chi connectivity index (χ2n) is 6.55. The standard InChI is InChI=1S/C25H22N2O5/c1-3-30-23-8-6-5-7-21(23)27-24(28)19(16-26)15-20-13-14-22(32-20)17-9-11-18(12-10-17)25(29)31-4-2/h5-15H,3-4H2,1-2H3,(H,27,28)/b19-15+. The van der Waals surface area contributed by atoms with E-state index in [4.69, 9.17) is 13.9 Å². The van der Waals surface area contributed by atoms with E-state index < -0.39 is 11.9 Å². The fourth-order valence-electron chi connectivity index (χ4n) is 2.90. The minimum absolute atomic E-state index is 0.116. The third kappa shape index (κ3) is 5.43. The molecule has 1 heterocycles. The Morgan fingerprint density at radius 1 is 1.03 bits per heavy atom. The second kappa shape index (κ2) is 10.6. The van der Waals surface area contributed by atoms with Gasteiger partial charge in [0.25, 0.3) is 5.91 Å². The molecule has 0 aliphatic rings. The first-order valence-corrected chi connectivity index (χ1v) is 10.1. The number of carbonyl (C=O) groups excluding carboxylic acids is 2. The van der Waals surface area contributed by atoms with Gasteiger partial charge in [-0.2, -0.15) is 5.26 Å². The monoisotopic (exact) mass is 430 g/mol. The Bertz CT molecular complexity index is 1170. The van der Waals surface area contributed by atoms with E-state index in [2.05, 4.69) is 5.32 Å². The zero-order valence-electron chi connectivity index (χ0n) is 17.8. The molecule has 0 fully saturated rings. The smallest absolute Gasteiger partial charge is 0.338 e. The molecule has 2 aromatic carbocycles. The van der Waals surface area contributed by atoms with Gasteiger partial charge in [0.15, 0.2) is 0 Å². The van der Waals surface area contributed by atoms with Gasteiger partial charge in [-0.05, 0) is 50.2 Å². The molecular formula is C25H22N2O5. The van der Waals surface area contributed by atoms with Crippen molar-refractivity contribution < 1.29 is 23.5 Å². The molecule has 0 saturated carbocycles. The van der Waals surface area contributed by atoms with Crippen molar-refractivity contribution in [3.8, 4) is 23.1 Å². The summed E-state index contributed by atoms with van der Waals surface area (Å²) in [5.41, 5.74) is 1.54. The molecule has 0 atom stereocenters. The van der Waals surface area contributed by atoms with E-state index in [-0.39, 0.29) is 5.57 Å². The van der Waals surface area contributed by atoms with Crippen LogP contribution in [0.1, 0.15) is 30.0 Å². The van der Waals surface area contributed by atoms with Crippen molar-refractivity contribution >= 4 is 23.6 Å². The van der Waals surface area contributed by atoms with Crippen LogP contribution >= 0.6 is 0 Å². The first kappa shape index (κ1) is 22.4. The number of anilines is 1. The molecule has 162 valence electrons. The molecule has 32 heavy (non-hydrogen) atoms. The highest BCUT2D eigenvalue weighted by molar-refractivity contribution is 6.10. The number of nitrogens with one attached hydrogen (secondary N) is 1. The van der Waals surface area contributed by atoms with E-state index in [0.29, 0.717) is 41.7 Å². The van der Waals surface area contributed by atoms with Crippen LogP contribution in [0.2, 0.25) is 0 Å². The summed E-state index contributed by atoms with van der Waals surface area (Å²) in [4.78, 5) is 24.4. The number of nitrogens with zero attached hydrogens (tertiary/aromatic N) is 1. The third-order valence-electron chi connectivity index (χ3n) is 4.39. The molecular weight excluding hydrogens is 408 g/mol. The molecule has 7 nitrogen and oxygen atoms in total. The van der Waals surface area contributed by atoms with Crippen LogP contribution < -0.4 is 10.1 Å². The molecule has 0 spiro atoms. The van der Waals surface area contributed by atoms with Crippen LogP contribution in [-0.2, 0) is 9.53 Å². The van der Waals surface area contributed by atoms with Gasteiger partial charge in [-0.15, -0.1) is 0 Å². The molecule has 0 saturated heterocycles. The Morgan fingerprint density at radius 3 is 2.47 bits per heavy atom.